The average molecular weight is 116 g/mol. The molecule has 0 aliphatic heterocycles. The topological polar surface area (TPSA) is 17.1 Å². The lowest BCUT2D eigenvalue weighted by atomic mass is 10.3. The van der Waals surface area contributed by atoms with Gasteiger partial charge in [-0.05, 0) is 24.3 Å². The third kappa shape index (κ3) is 2.45. The van der Waals surface area contributed by atoms with Crippen molar-refractivity contribution in [2.24, 2.45) is 0 Å². The maximum Gasteiger partial charge on any atom is 0.146 e. The van der Waals surface area contributed by atoms with E-state index in [0.29, 0.717) is 5.57 Å². The van der Waals surface area contributed by atoms with Gasteiger partial charge in [0.1, 0.15) is 6.29 Å². The number of aldehydes is 1. The highest BCUT2D eigenvalue weighted by Gasteiger charge is 1.84. The standard InChI is InChI=1S/C5H8OS/c1-4(3-6)5(2)7/h3,7H,1-2H3. The lowest BCUT2D eigenvalue weighted by molar-refractivity contribution is -0.104. The molecule has 2 heteroatoms. The van der Waals surface area contributed by atoms with Crippen molar-refractivity contribution in [3.8, 4) is 0 Å². The molecule has 7 heavy (non-hydrogen) atoms. The highest BCUT2D eigenvalue weighted by molar-refractivity contribution is 7.84. The minimum absolute atomic E-state index is 0.698. The Balaban J connectivity index is 3.98. The van der Waals surface area contributed by atoms with Crippen LogP contribution in [-0.4, -0.2) is 6.29 Å². The smallest absolute Gasteiger partial charge is 0.146 e. The van der Waals surface area contributed by atoms with Crippen LogP contribution in [0.25, 0.3) is 0 Å². The molecule has 1 nitrogen and oxygen atoms in total. The summed E-state index contributed by atoms with van der Waals surface area (Å²) in [5.74, 6) is 0. The Labute approximate surface area is 48.8 Å². The second-order valence-electron chi connectivity index (χ2n) is 1.39. The van der Waals surface area contributed by atoms with Crippen LogP contribution in [0.5, 0.6) is 0 Å². The van der Waals surface area contributed by atoms with Crippen molar-refractivity contribution in [2.75, 3.05) is 0 Å². The zero-order chi connectivity index (χ0) is 5.86. The zero-order valence-corrected chi connectivity index (χ0v) is 5.33. The van der Waals surface area contributed by atoms with Gasteiger partial charge in [0.25, 0.3) is 0 Å². The Morgan fingerprint density at radius 1 is 1.57 bits per heavy atom. The predicted octanol–water partition coefficient (Wildman–Crippen LogP) is 1.41. The maximum absolute atomic E-state index is 9.84. The van der Waals surface area contributed by atoms with Gasteiger partial charge in [-0.1, -0.05) is 0 Å². The van der Waals surface area contributed by atoms with E-state index < -0.39 is 0 Å². The number of hydrogen-bond donors (Lipinski definition) is 1. The van der Waals surface area contributed by atoms with E-state index in [-0.39, 0.29) is 0 Å². The molecule has 0 spiro atoms. The molecular formula is C5H8OS. The van der Waals surface area contributed by atoms with Crippen LogP contribution in [0.4, 0.5) is 0 Å². The van der Waals surface area contributed by atoms with E-state index in [2.05, 4.69) is 12.6 Å². The SMILES string of the molecule is CC(S)=C(C)C=O. The van der Waals surface area contributed by atoms with E-state index in [9.17, 15) is 4.79 Å². The van der Waals surface area contributed by atoms with Crippen LogP contribution in [0.15, 0.2) is 10.5 Å². The first kappa shape index (κ1) is 6.76. The van der Waals surface area contributed by atoms with E-state index in [1.807, 2.05) is 0 Å². The average Bonchev–Trinajstić information content (AvgIpc) is 1.65. The summed E-state index contributed by atoms with van der Waals surface area (Å²) in [7, 11) is 0. The summed E-state index contributed by atoms with van der Waals surface area (Å²) in [6.07, 6.45) is 0.794. The van der Waals surface area contributed by atoms with Crippen molar-refractivity contribution in [2.45, 2.75) is 13.8 Å². The van der Waals surface area contributed by atoms with Crippen LogP contribution in [-0.2, 0) is 4.79 Å². The number of carbonyl (C=O) groups excluding carboxylic acids is 1. The lowest BCUT2D eigenvalue weighted by Gasteiger charge is -1.85. The minimum Gasteiger partial charge on any atom is -0.298 e. The van der Waals surface area contributed by atoms with Gasteiger partial charge in [0.2, 0.25) is 0 Å². The quantitative estimate of drug-likeness (QED) is 0.311. The Morgan fingerprint density at radius 3 is 2.00 bits per heavy atom. The largest absolute Gasteiger partial charge is 0.298 e. The molecule has 0 aromatic heterocycles. The molecule has 0 fully saturated rings. The van der Waals surface area contributed by atoms with E-state index in [1.54, 1.807) is 13.8 Å². The summed E-state index contributed by atoms with van der Waals surface area (Å²) in [5, 5.41) is 0. The molecule has 0 saturated carbocycles. The second kappa shape index (κ2) is 2.86. The van der Waals surface area contributed by atoms with Crippen molar-refractivity contribution < 1.29 is 4.79 Å². The zero-order valence-electron chi connectivity index (χ0n) is 4.43. The van der Waals surface area contributed by atoms with Crippen LogP contribution < -0.4 is 0 Å². The van der Waals surface area contributed by atoms with Gasteiger partial charge in [-0.3, -0.25) is 4.79 Å². The van der Waals surface area contributed by atoms with Crippen molar-refractivity contribution in [3.63, 3.8) is 0 Å². The van der Waals surface area contributed by atoms with Crippen LogP contribution >= 0.6 is 12.6 Å². The van der Waals surface area contributed by atoms with E-state index in [1.165, 1.54) is 0 Å². The van der Waals surface area contributed by atoms with Gasteiger partial charge in [-0.25, -0.2) is 0 Å². The first-order valence-corrected chi connectivity index (χ1v) is 2.45. The molecule has 0 atom stereocenters. The van der Waals surface area contributed by atoms with Crippen molar-refractivity contribution >= 4 is 18.9 Å². The van der Waals surface area contributed by atoms with Crippen LogP contribution in [0, 0.1) is 0 Å². The first-order chi connectivity index (χ1) is 3.18. The van der Waals surface area contributed by atoms with Gasteiger partial charge in [-0.15, -0.1) is 12.6 Å². The lowest BCUT2D eigenvalue weighted by Crippen LogP contribution is -1.75. The highest BCUT2D eigenvalue weighted by atomic mass is 32.1. The van der Waals surface area contributed by atoms with Crippen LogP contribution in [0.1, 0.15) is 13.8 Å². The fourth-order valence-electron chi connectivity index (χ4n) is 0.0853. The van der Waals surface area contributed by atoms with Gasteiger partial charge in [0.15, 0.2) is 0 Å². The number of carbonyl (C=O) groups is 1. The van der Waals surface area contributed by atoms with Crippen LogP contribution in [0.2, 0.25) is 0 Å². The first-order valence-electron chi connectivity index (χ1n) is 2.00. The van der Waals surface area contributed by atoms with Gasteiger partial charge in [0, 0.05) is 0 Å². The Bertz CT molecular complexity index is 101. The Morgan fingerprint density at radius 2 is 2.00 bits per heavy atom. The molecular weight excluding hydrogens is 108 g/mol. The monoisotopic (exact) mass is 116 g/mol. The molecule has 0 aromatic carbocycles. The molecule has 0 amide bonds. The van der Waals surface area contributed by atoms with E-state index in [0.717, 1.165) is 11.2 Å². The molecule has 0 bridgehead atoms. The molecule has 0 rings (SSSR count). The van der Waals surface area contributed by atoms with Crippen molar-refractivity contribution in [1.29, 1.82) is 0 Å². The van der Waals surface area contributed by atoms with Gasteiger partial charge < -0.3 is 0 Å². The Kier molecular flexibility index (Phi) is 2.76. The molecule has 40 valence electrons. The predicted molar refractivity (Wildman–Crippen MR) is 33.4 cm³/mol. The molecule has 0 unspecified atom stereocenters. The summed E-state index contributed by atoms with van der Waals surface area (Å²) >= 11 is 3.92. The van der Waals surface area contributed by atoms with E-state index >= 15 is 0 Å². The summed E-state index contributed by atoms with van der Waals surface area (Å²) in [6, 6.07) is 0. The molecule has 0 aliphatic carbocycles. The number of rotatable bonds is 1. The summed E-state index contributed by atoms with van der Waals surface area (Å²) < 4.78 is 0. The molecule has 0 aliphatic rings. The normalized spacial score (nSPS) is 13.0. The van der Waals surface area contributed by atoms with E-state index in [4.69, 9.17) is 0 Å². The van der Waals surface area contributed by atoms with Crippen LogP contribution in [0.3, 0.4) is 0 Å². The number of hydrogen-bond acceptors (Lipinski definition) is 2. The number of allylic oxidation sites excluding steroid dienone is 2. The van der Waals surface area contributed by atoms with Gasteiger partial charge >= 0.3 is 0 Å². The minimum atomic E-state index is 0.698. The molecule has 0 N–H and O–H groups in total. The fraction of sp³-hybridized carbons (Fsp3) is 0.400. The van der Waals surface area contributed by atoms with Gasteiger partial charge in [-0.2, -0.15) is 0 Å². The Hall–Kier alpha value is -0.240. The summed E-state index contributed by atoms with van der Waals surface area (Å²) in [5.41, 5.74) is 0.698. The molecule has 0 aromatic rings. The maximum atomic E-state index is 9.84. The van der Waals surface area contributed by atoms with Crippen molar-refractivity contribution in [3.05, 3.63) is 10.5 Å². The van der Waals surface area contributed by atoms with Gasteiger partial charge in [0.05, 0.1) is 0 Å². The molecule has 0 saturated heterocycles. The summed E-state index contributed by atoms with van der Waals surface area (Å²) in [6.45, 7) is 3.52. The van der Waals surface area contributed by atoms with Crippen molar-refractivity contribution in [1.82, 2.24) is 0 Å². The third-order valence-corrected chi connectivity index (χ3v) is 1.10. The molecule has 0 radical (unpaired) electrons. The third-order valence-electron chi connectivity index (χ3n) is 0.747. The molecule has 0 heterocycles. The highest BCUT2D eigenvalue weighted by Crippen LogP contribution is 2.02. The fourth-order valence-corrected chi connectivity index (χ4v) is 0.138. The second-order valence-corrected chi connectivity index (χ2v) is 2.06. The number of thiol groups is 1. The summed E-state index contributed by atoms with van der Waals surface area (Å²) in [4.78, 5) is 10.6.